The molecule has 0 bridgehead atoms. The molecule has 0 unspecified atom stereocenters. The molecular formula is C5H10O. The minimum atomic E-state index is -0.181. The van der Waals surface area contributed by atoms with Crippen LogP contribution in [0.25, 0.3) is 0 Å². The number of rotatable bonds is 0. The van der Waals surface area contributed by atoms with Crippen molar-refractivity contribution in [1.29, 1.82) is 0 Å². The summed E-state index contributed by atoms with van der Waals surface area (Å²) in [5.74, 6) is 0. The van der Waals surface area contributed by atoms with Crippen LogP contribution in [-0.2, 0) is 4.74 Å². The Morgan fingerprint density at radius 3 is 1.50 bits per heavy atom. The average molecular weight is 86.1 g/mol. The van der Waals surface area contributed by atoms with Crippen molar-refractivity contribution in [2.24, 2.45) is 0 Å². The predicted molar refractivity (Wildman–Crippen MR) is 25.1 cm³/mol. The highest BCUT2D eigenvalue weighted by molar-refractivity contribution is 4.56. The van der Waals surface area contributed by atoms with Crippen LogP contribution < -0.4 is 0 Å². The van der Waals surface area contributed by atoms with E-state index in [0.29, 0.717) is 0 Å². The molecule has 0 aromatic carbocycles. The summed E-state index contributed by atoms with van der Waals surface area (Å²) < 4.78 is 4.44. The zero-order valence-electron chi connectivity index (χ0n) is 4.49. The lowest BCUT2D eigenvalue weighted by molar-refractivity contribution is 0.0709. The molecule has 2 radical (unpaired) electrons. The molecule has 0 saturated carbocycles. The summed E-state index contributed by atoms with van der Waals surface area (Å²) in [5.41, 5.74) is -0.181. The molecule has 1 heteroatoms. The first-order valence-corrected chi connectivity index (χ1v) is 1.94. The Morgan fingerprint density at radius 2 is 1.50 bits per heavy atom. The third-order valence-corrected chi connectivity index (χ3v) is 0.354. The fraction of sp³-hybridized carbons (Fsp3) is 0.800. The van der Waals surface area contributed by atoms with Crippen LogP contribution in [0.4, 0.5) is 0 Å². The lowest BCUT2D eigenvalue weighted by Gasteiger charge is -2.13. The maximum absolute atomic E-state index is 4.81. The lowest BCUT2D eigenvalue weighted by Crippen LogP contribution is -2.14. The van der Waals surface area contributed by atoms with Crippen molar-refractivity contribution in [3.8, 4) is 0 Å². The van der Waals surface area contributed by atoms with Gasteiger partial charge in [0.2, 0.25) is 0 Å². The Bertz CT molecular complexity index is 33.7. The van der Waals surface area contributed by atoms with E-state index < -0.39 is 0 Å². The minimum absolute atomic E-state index is 0.181. The van der Waals surface area contributed by atoms with Crippen LogP contribution in [0.3, 0.4) is 0 Å². The summed E-state index contributed by atoms with van der Waals surface area (Å²) in [6.07, 6.45) is 0. The van der Waals surface area contributed by atoms with Crippen molar-refractivity contribution in [3.63, 3.8) is 0 Å². The zero-order valence-corrected chi connectivity index (χ0v) is 4.49. The second-order valence-electron chi connectivity index (χ2n) is 2.23. The highest BCUT2D eigenvalue weighted by Crippen LogP contribution is 2.03. The summed E-state index contributed by atoms with van der Waals surface area (Å²) >= 11 is 0. The van der Waals surface area contributed by atoms with Crippen LogP contribution in [0.2, 0.25) is 0 Å². The van der Waals surface area contributed by atoms with E-state index in [1.165, 1.54) is 0 Å². The molecule has 0 aromatic rings. The van der Waals surface area contributed by atoms with E-state index in [1.54, 1.807) is 0 Å². The topological polar surface area (TPSA) is 9.23 Å². The maximum Gasteiger partial charge on any atom is 0.116 e. The van der Waals surface area contributed by atoms with E-state index in [9.17, 15) is 0 Å². The summed E-state index contributed by atoms with van der Waals surface area (Å²) in [4.78, 5) is 0. The summed E-state index contributed by atoms with van der Waals surface area (Å²) in [5, 5.41) is 0. The van der Waals surface area contributed by atoms with Crippen molar-refractivity contribution >= 4 is 0 Å². The number of hydrogen-bond donors (Lipinski definition) is 0. The number of ether oxygens (including phenoxy) is 1. The normalized spacial score (nSPS) is 12.0. The van der Waals surface area contributed by atoms with E-state index in [-0.39, 0.29) is 5.60 Å². The van der Waals surface area contributed by atoms with Crippen molar-refractivity contribution in [3.05, 3.63) is 7.11 Å². The van der Waals surface area contributed by atoms with Gasteiger partial charge in [0.05, 0.1) is 5.60 Å². The van der Waals surface area contributed by atoms with Crippen molar-refractivity contribution in [1.82, 2.24) is 0 Å². The molecule has 0 fully saturated rings. The van der Waals surface area contributed by atoms with Gasteiger partial charge in [0.1, 0.15) is 7.11 Å². The van der Waals surface area contributed by atoms with Crippen molar-refractivity contribution in [2.75, 3.05) is 0 Å². The summed E-state index contributed by atoms with van der Waals surface area (Å²) in [7, 11) is 4.81. The average Bonchev–Trinajstić information content (AvgIpc) is 1.35. The second kappa shape index (κ2) is 1.61. The summed E-state index contributed by atoms with van der Waals surface area (Å²) in [6.45, 7) is 5.69. The Hall–Kier alpha value is -0.0400. The largest absolute Gasteiger partial charge is 0.367 e. The molecule has 0 spiro atoms. The molecule has 0 saturated heterocycles. The third-order valence-electron chi connectivity index (χ3n) is 0.354. The molecule has 0 aliphatic heterocycles. The van der Waals surface area contributed by atoms with Crippen LogP contribution in [-0.4, -0.2) is 5.60 Å². The standard InChI is InChI=1S/C5H10O/c1-5(2,3)6-4/h4H,1-3H3. The Balaban J connectivity index is 3.17. The highest BCUT2D eigenvalue weighted by Gasteiger charge is 2.04. The van der Waals surface area contributed by atoms with Crippen molar-refractivity contribution < 1.29 is 4.74 Å². The quantitative estimate of drug-likeness (QED) is 0.433. The van der Waals surface area contributed by atoms with E-state index in [0.717, 1.165) is 0 Å². The molecule has 0 N–H and O–H groups in total. The Morgan fingerprint density at radius 1 is 1.33 bits per heavy atom. The first-order chi connectivity index (χ1) is 2.56. The molecule has 0 aliphatic rings. The van der Waals surface area contributed by atoms with E-state index in [1.807, 2.05) is 20.8 Å². The lowest BCUT2D eigenvalue weighted by atomic mass is 10.2. The molecule has 1 nitrogen and oxygen atoms in total. The first kappa shape index (κ1) is 5.96. The predicted octanol–water partition coefficient (Wildman–Crippen LogP) is 1.47. The Kier molecular flexibility index (Phi) is 1.59. The molecular weight excluding hydrogens is 76.1 g/mol. The fourth-order valence-corrected chi connectivity index (χ4v) is 0. The molecule has 0 aromatic heterocycles. The van der Waals surface area contributed by atoms with Crippen LogP contribution in [0, 0.1) is 7.11 Å². The van der Waals surface area contributed by atoms with Crippen LogP contribution in [0.15, 0.2) is 0 Å². The first-order valence-electron chi connectivity index (χ1n) is 1.94. The fourth-order valence-electron chi connectivity index (χ4n) is 0. The van der Waals surface area contributed by atoms with Crippen molar-refractivity contribution in [2.45, 2.75) is 26.4 Å². The SMILES string of the molecule is [CH]OC(C)(C)C. The minimum Gasteiger partial charge on any atom is -0.367 e. The number of hydrogen-bond acceptors (Lipinski definition) is 1. The highest BCUT2D eigenvalue weighted by atomic mass is 16.5. The van der Waals surface area contributed by atoms with Gasteiger partial charge in [0, 0.05) is 0 Å². The van der Waals surface area contributed by atoms with Gasteiger partial charge in [-0.05, 0) is 20.8 Å². The molecule has 6 heavy (non-hydrogen) atoms. The maximum atomic E-state index is 4.81. The molecule has 0 atom stereocenters. The van der Waals surface area contributed by atoms with Gasteiger partial charge in [-0.25, -0.2) is 0 Å². The second-order valence-corrected chi connectivity index (χ2v) is 2.23. The Labute approximate surface area is 39.3 Å². The van der Waals surface area contributed by atoms with Crippen LogP contribution in [0.1, 0.15) is 20.8 Å². The van der Waals surface area contributed by atoms with Gasteiger partial charge in [-0.3, -0.25) is 0 Å². The molecule has 0 heterocycles. The smallest absolute Gasteiger partial charge is 0.116 e. The van der Waals surface area contributed by atoms with E-state index >= 15 is 0 Å². The van der Waals surface area contributed by atoms with Gasteiger partial charge < -0.3 is 4.74 Å². The van der Waals surface area contributed by atoms with E-state index in [2.05, 4.69) is 4.74 Å². The summed E-state index contributed by atoms with van der Waals surface area (Å²) in [6, 6.07) is 0. The van der Waals surface area contributed by atoms with Crippen LogP contribution >= 0.6 is 0 Å². The van der Waals surface area contributed by atoms with Gasteiger partial charge >= 0.3 is 0 Å². The van der Waals surface area contributed by atoms with Gasteiger partial charge in [-0.2, -0.15) is 0 Å². The molecule has 0 amide bonds. The third kappa shape index (κ3) is 3.96. The van der Waals surface area contributed by atoms with Crippen LogP contribution in [0.5, 0.6) is 0 Å². The molecule has 0 aliphatic carbocycles. The van der Waals surface area contributed by atoms with E-state index in [4.69, 9.17) is 7.11 Å². The van der Waals surface area contributed by atoms with Gasteiger partial charge in [-0.15, -0.1) is 0 Å². The molecule has 0 rings (SSSR count). The molecule has 36 valence electrons. The van der Waals surface area contributed by atoms with Gasteiger partial charge in [0.15, 0.2) is 0 Å². The van der Waals surface area contributed by atoms with Gasteiger partial charge in [-0.1, -0.05) is 0 Å². The zero-order chi connectivity index (χ0) is 5.21. The monoisotopic (exact) mass is 86.1 g/mol. The van der Waals surface area contributed by atoms with Gasteiger partial charge in [0.25, 0.3) is 0 Å².